The average Bonchev–Trinajstić information content (AvgIpc) is 3.66. The van der Waals surface area contributed by atoms with Crippen LogP contribution in [0.5, 0.6) is 0 Å². The molecule has 212 valence electrons. The molecular weight excluding hydrogens is 536 g/mol. The highest BCUT2D eigenvalue weighted by Gasteiger charge is 2.51. The van der Waals surface area contributed by atoms with E-state index in [2.05, 4.69) is 28.1 Å². The third kappa shape index (κ3) is 7.80. The van der Waals surface area contributed by atoms with Gasteiger partial charge in [0.15, 0.2) is 12.6 Å². The predicted molar refractivity (Wildman–Crippen MR) is 147 cm³/mol. The first kappa shape index (κ1) is 28.5. The van der Waals surface area contributed by atoms with E-state index in [1.807, 2.05) is 0 Å². The number of alkyl halides is 1. The molecular formula is C30H49BrO6. The Morgan fingerprint density at radius 2 is 1.62 bits per heavy atom. The molecule has 3 aliphatic heterocycles. The van der Waals surface area contributed by atoms with Crippen LogP contribution < -0.4 is 0 Å². The summed E-state index contributed by atoms with van der Waals surface area (Å²) in [4.78, 5) is 0.341. The van der Waals surface area contributed by atoms with Crippen LogP contribution in [-0.4, -0.2) is 66.8 Å². The number of halogens is 1. The van der Waals surface area contributed by atoms with Gasteiger partial charge in [-0.25, -0.2) is 0 Å². The maximum atomic E-state index is 9.16. The lowest BCUT2D eigenvalue weighted by Gasteiger charge is -2.31. The summed E-state index contributed by atoms with van der Waals surface area (Å²) in [6.07, 6.45) is 22.1. The van der Waals surface area contributed by atoms with Gasteiger partial charge >= 0.3 is 0 Å². The second kappa shape index (κ2) is 14.6. The molecule has 6 nitrogen and oxygen atoms in total. The van der Waals surface area contributed by atoms with E-state index in [1.165, 1.54) is 38.5 Å². The van der Waals surface area contributed by atoms with Crippen LogP contribution in [0, 0.1) is 17.8 Å². The molecule has 0 radical (unpaired) electrons. The van der Waals surface area contributed by atoms with Crippen molar-refractivity contribution in [2.75, 3.05) is 19.8 Å². The Kier molecular flexibility index (Phi) is 11.2. The van der Waals surface area contributed by atoms with E-state index >= 15 is 0 Å². The third-order valence-corrected chi connectivity index (χ3v) is 10.4. The third-order valence-electron chi connectivity index (χ3n) is 9.31. The van der Waals surface area contributed by atoms with E-state index in [4.69, 9.17) is 28.8 Å². The molecule has 2 saturated carbocycles. The molecule has 7 heteroatoms. The Morgan fingerprint density at radius 1 is 0.892 bits per heavy atom. The van der Waals surface area contributed by atoms with E-state index < -0.39 is 0 Å². The summed E-state index contributed by atoms with van der Waals surface area (Å²) in [5, 5.41) is 9.16. The lowest BCUT2D eigenvalue weighted by atomic mass is 9.88. The summed E-state index contributed by atoms with van der Waals surface area (Å²) in [6.45, 7) is 1.89. The molecule has 0 bridgehead atoms. The smallest absolute Gasteiger partial charge is 0.158 e. The second-order valence-electron chi connectivity index (χ2n) is 12.0. The van der Waals surface area contributed by atoms with E-state index in [-0.39, 0.29) is 43.6 Å². The van der Waals surface area contributed by atoms with Crippen molar-refractivity contribution in [3.63, 3.8) is 0 Å². The molecule has 5 aliphatic rings. The van der Waals surface area contributed by atoms with Gasteiger partial charge in [0, 0.05) is 37.0 Å². The first-order valence-electron chi connectivity index (χ1n) is 15.3. The minimum Gasteiger partial charge on any atom is -0.396 e. The Morgan fingerprint density at radius 3 is 2.32 bits per heavy atom. The lowest BCUT2D eigenvalue weighted by molar-refractivity contribution is -0.194. The maximum absolute atomic E-state index is 9.16. The summed E-state index contributed by atoms with van der Waals surface area (Å²) >= 11 is 3.91. The number of hydrogen-bond donors (Lipinski definition) is 1. The second-order valence-corrected chi connectivity index (χ2v) is 13.1. The molecule has 5 fully saturated rings. The topological polar surface area (TPSA) is 66.4 Å². The summed E-state index contributed by atoms with van der Waals surface area (Å²) < 4.78 is 31.8. The highest BCUT2D eigenvalue weighted by atomic mass is 79.9. The summed E-state index contributed by atoms with van der Waals surface area (Å²) in [5.74, 6) is 1.37. The van der Waals surface area contributed by atoms with Crippen molar-refractivity contribution >= 4 is 15.9 Å². The molecule has 9 atom stereocenters. The highest BCUT2D eigenvalue weighted by Crippen LogP contribution is 2.48. The first-order valence-corrected chi connectivity index (χ1v) is 16.3. The molecule has 3 heterocycles. The van der Waals surface area contributed by atoms with Gasteiger partial charge in [0.05, 0.1) is 24.4 Å². The number of rotatable bonds is 12. The van der Waals surface area contributed by atoms with E-state index in [0.717, 1.165) is 71.0 Å². The standard InChI is InChI=1S/C30H49BrO6/c31-24(11-3-6-16-32)28-19-23-22(26(20-27(23)35-28)37-30-13-5-8-18-34-30)14-15-25(21-9-1-2-10-21)36-29-12-4-7-17-33-29/h14-15,21-30,32H,1-13,16-20H2/t22-,23-,24?,25-,26-,27-,28-,29?,30?/m1/s1. The Labute approximate surface area is 232 Å². The van der Waals surface area contributed by atoms with Crippen LogP contribution in [-0.2, 0) is 23.7 Å². The minimum absolute atomic E-state index is 0.0599. The molecule has 2 aliphatic carbocycles. The number of hydrogen-bond acceptors (Lipinski definition) is 6. The first-order chi connectivity index (χ1) is 18.2. The van der Waals surface area contributed by atoms with Crippen LogP contribution in [0.15, 0.2) is 12.2 Å². The van der Waals surface area contributed by atoms with Crippen molar-refractivity contribution in [2.24, 2.45) is 17.8 Å². The number of aliphatic hydroxyl groups excluding tert-OH is 1. The van der Waals surface area contributed by atoms with Gasteiger partial charge < -0.3 is 28.8 Å². The molecule has 1 N–H and O–H groups in total. The molecule has 0 aromatic carbocycles. The van der Waals surface area contributed by atoms with E-state index in [9.17, 15) is 0 Å². The van der Waals surface area contributed by atoms with Gasteiger partial charge in [0.2, 0.25) is 0 Å². The Balaban J connectivity index is 1.27. The van der Waals surface area contributed by atoms with Crippen molar-refractivity contribution in [1.82, 2.24) is 0 Å². The fourth-order valence-electron chi connectivity index (χ4n) is 7.23. The quantitative estimate of drug-likeness (QED) is 0.165. The minimum atomic E-state index is -0.0794. The Bertz CT molecular complexity index is 688. The van der Waals surface area contributed by atoms with Crippen LogP contribution in [0.3, 0.4) is 0 Å². The fourth-order valence-corrected chi connectivity index (χ4v) is 7.89. The average molecular weight is 586 g/mol. The van der Waals surface area contributed by atoms with Crippen LogP contribution in [0.25, 0.3) is 0 Å². The van der Waals surface area contributed by atoms with Crippen LogP contribution in [0.2, 0.25) is 0 Å². The fraction of sp³-hybridized carbons (Fsp3) is 0.933. The molecule has 0 spiro atoms. The normalized spacial score (nSPS) is 38.8. The van der Waals surface area contributed by atoms with Crippen molar-refractivity contribution in [2.45, 2.75) is 138 Å². The number of unbranched alkanes of at least 4 members (excludes halogenated alkanes) is 1. The Hall–Kier alpha value is -0.0200. The van der Waals surface area contributed by atoms with Crippen LogP contribution in [0.4, 0.5) is 0 Å². The molecule has 0 aromatic rings. The number of ether oxygens (including phenoxy) is 5. The summed E-state index contributed by atoms with van der Waals surface area (Å²) in [6, 6.07) is 0. The molecule has 3 unspecified atom stereocenters. The molecule has 5 rings (SSSR count). The van der Waals surface area contributed by atoms with E-state index in [0.29, 0.717) is 22.6 Å². The van der Waals surface area contributed by atoms with Crippen LogP contribution in [0.1, 0.15) is 96.3 Å². The monoisotopic (exact) mass is 584 g/mol. The van der Waals surface area contributed by atoms with Gasteiger partial charge in [-0.15, -0.1) is 0 Å². The largest absolute Gasteiger partial charge is 0.396 e. The zero-order valence-electron chi connectivity index (χ0n) is 22.5. The van der Waals surface area contributed by atoms with E-state index in [1.54, 1.807) is 0 Å². The van der Waals surface area contributed by atoms with Crippen molar-refractivity contribution in [3.8, 4) is 0 Å². The van der Waals surface area contributed by atoms with Crippen molar-refractivity contribution in [1.29, 1.82) is 0 Å². The van der Waals surface area contributed by atoms with Gasteiger partial charge in [0.1, 0.15) is 0 Å². The van der Waals surface area contributed by atoms with Crippen molar-refractivity contribution in [3.05, 3.63) is 12.2 Å². The zero-order valence-corrected chi connectivity index (χ0v) is 24.1. The van der Waals surface area contributed by atoms with Gasteiger partial charge in [-0.2, -0.15) is 0 Å². The SMILES string of the molecule is OCCCCC(Br)[C@H]1C[C@@H]2[C@@H](C=C[C@@H](OC3CCCCO3)C3CCCC3)[C@H](OC3CCCCO3)C[C@H]2O1. The predicted octanol–water partition coefficient (Wildman–Crippen LogP) is 6.28. The lowest BCUT2D eigenvalue weighted by Crippen LogP contribution is -2.33. The highest BCUT2D eigenvalue weighted by molar-refractivity contribution is 9.09. The van der Waals surface area contributed by atoms with Crippen LogP contribution >= 0.6 is 15.9 Å². The summed E-state index contributed by atoms with van der Waals surface area (Å²) in [7, 11) is 0. The van der Waals surface area contributed by atoms with Gasteiger partial charge in [-0.1, -0.05) is 40.9 Å². The van der Waals surface area contributed by atoms with Gasteiger partial charge in [-0.3, -0.25) is 0 Å². The van der Waals surface area contributed by atoms with Crippen molar-refractivity contribution < 1.29 is 28.8 Å². The molecule has 37 heavy (non-hydrogen) atoms. The van der Waals surface area contributed by atoms with Gasteiger partial charge in [-0.05, 0) is 88.9 Å². The van der Waals surface area contributed by atoms with Gasteiger partial charge in [0.25, 0.3) is 0 Å². The molecule has 0 aromatic heterocycles. The number of fused-ring (bicyclic) bond motifs is 1. The number of aliphatic hydroxyl groups is 1. The molecule has 0 amide bonds. The molecule has 3 saturated heterocycles. The summed E-state index contributed by atoms with van der Waals surface area (Å²) in [5.41, 5.74) is 0. The maximum Gasteiger partial charge on any atom is 0.158 e. The zero-order chi connectivity index (χ0) is 25.5.